The Kier molecular flexibility index (Phi) is 2.92. The summed E-state index contributed by atoms with van der Waals surface area (Å²) in [5.74, 6) is 0. The van der Waals surface area contributed by atoms with Crippen molar-refractivity contribution in [3.05, 3.63) is 42.1 Å². The van der Waals surface area contributed by atoms with Crippen molar-refractivity contribution in [2.45, 2.75) is 9.37 Å². The molecule has 6 heteroatoms. The first kappa shape index (κ1) is 11.1. The maximum Gasteiger partial charge on any atom is 0.157 e. The molecule has 1 aromatic carbocycles. The maximum absolute atomic E-state index is 8.99. The minimum absolute atomic E-state index is 0.522. The third-order valence-corrected chi connectivity index (χ3v) is 4.36. The van der Waals surface area contributed by atoms with E-state index in [1.165, 1.54) is 18.0 Å². The topological polar surface area (TPSA) is 62.5 Å². The van der Waals surface area contributed by atoms with Crippen LogP contribution in [-0.2, 0) is 0 Å². The standard InChI is InChI=1S/C12H6N4S2/c13-7-8-5-6-14-16-11(8)18-12-15-9-3-1-2-4-10(9)17-12/h1-6H. The summed E-state index contributed by atoms with van der Waals surface area (Å²) < 4.78 is 2.00. The van der Waals surface area contributed by atoms with Crippen molar-refractivity contribution < 1.29 is 0 Å². The fourth-order valence-electron chi connectivity index (χ4n) is 1.46. The van der Waals surface area contributed by atoms with Gasteiger partial charge in [-0.25, -0.2) is 4.98 Å². The van der Waals surface area contributed by atoms with Crippen LogP contribution >= 0.6 is 23.1 Å². The van der Waals surface area contributed by atoms with E-state index >= 15 is 0 Å². The van der Waals surface area contributed by atoms with Crippen LogP contribution in [0.2, 0.25) is 0 Å². The Morgan fingerprint density at radius 2 is 2.11 bits per heavy atom. The van der Waals surface area contributed by atoms with Gasteiger partial charge in [-0.15, -0.1) is 16.4 Å². The molecule has 2 heterocycles. The zero-order valence-electron chi connectivity index (χ0n) is 9.07. The zero-order valence-corrected chi connectivity index (χ0v) is 10.7. The summed E-state index contributed by atoms with van der Waals surface area (Å²) in [4.78, 5) is 4.49. The second-order valence-corrected chi connectivity index (χ2v) is 5.68. The molecular weight excluding hydrogens is 264 g/mol. The van der Waals surface area contributed by atoms with E-state index in [1.54, 1.807) is 17.4 Å². The van der Waals surface area contributed by atoms with Crippen LogP contribution in [0.1, 0.15) is 5.56 Å². The number of hydrogen-bond donors (Lipinski definition) is 0. The average Bonchev–Trinajstić information content (AvgIpc) is 2.81. The lowest BCUT2D eigenvalue weighted by Gasteiger charge is -1.96. The summed E-state index contributed by atoms with van der Waals surface area (Å²) in [5, 5.41) is 17.4. The van der Waals surface area contributed by atoms with Gasteiger partial charge in [-0.2, -0.15) is 10.4 Å². The molecule has 86 valence electrons. The number of benzene rings is 1. The maximum atomic E-state index is 8.99. The zero-order chi connectivity index (χ0) is 12.4. The first-order valence-electron chi connectivity index (χ1n) is 5.12. The lowest BCUT2D eigenvalue weighted by atomic mass is 10.3. The summed E-state index contributed by atoms with van der Waals surface area (Å²) >= 11 is 2.96. The summed E-state index contributed by atoms with van der Waals surface area (Å²) in [6.45, 7) is 0. The Hall–Kier alpha value is -1.97. The van der Waals surface area contributed by atoms with Crippen LogP contribution in [0, 0.1) is 11.3 Å². The number of rotatable bonds is 2. The van der Waals surface area contributed by atoms with Crippen molar-refractivity contribution in [2.24, 2.45) is 0 Å². The highest BCUT2D eigenvalue weighted by molar-refractivity contribution is 8.01. The molecule has 2 aromatic heterocycles. The van der Waals surface area contributed by atoms with Gasteiger partial charge in [0.1, 0.15) is 11.1 Å². The highest BCUT2D eigenvalue weighted by Gasteiger charge is 2.09. The molecule has 0 unspecified atom stereocenters. The third kappa shape index (κ3) is 2.06. The summed E-state index contributed by atoms with van der Waals surface area (Å²) in [5.41, 5.74) is 1.49. The van der Waals surface area contributed by atoms with Gasteiger partial charge < -0.3 is 0 Å². The summed E-state index contributed by atoms with van der Waals surface area (Å²) in [7, 11) is 0. The number of thiazole rings is 1. The molecule has 18 heavy (non-hydrogen) atoms. The normalized spacial score (nSPS) is 10.4. The van der Waals surface area contributed by atoms with Crippen molar-refractivity contribution >= 4 is 33.3 Å². The molecule has 0 spiro atoms. The van der Waals surface area contributed by atoms with E-state index in [0.717, 1.165) is 14.6 Å². The van der Waals surface area contributed by atoms with E-state index in [0.29, 0.717) is 10.6 Å². The molecule has 4 nitrogen and oxygen atoms in total. The average molecular weight is 270 g/mol. The molecule has 0 atom stereocenters. The number of para-hydroxylation sites is 1. The van der Waals surface area contributed by atoms with Gasteiger partial charge in [-0.05, 0) is 30.0 Å². The molecule has 0 aliphatic heterocycles. The smallest absolute Gasteiger partial charge is 0.157 e. The summed E-state index contributed by atoms with van der Waals surface area (Å²) in [6, 6.07) is 11.7. The quantitative estimate of drug-likeness (QED) is 0.716. The predicted molar refractivity (Wildman–Crippen MR) is 70.5 cm³/mol. The Morgan fingerprint density at radius 3 is 2.94 bits per heavy atom. The second kappa shape index (κ2) is 4.72. The van der Waals surface area contributed by atoms with Crippen LogP contribution in [0.3, 0.4) is 0 Å². The highest BCUT2D eigenvalue weighted by Crippen LogP contribution is 2.34. The van der Waals surface area contributed by atoms with Gasteiger partial charge in [0.2, 0.25) is 0 Å². The number of nitriles is 1. The van der Waals surface area contributed by atoms with E-state index in [9.17, 15) is 0 Å². The Balaban J connectivity index is 1.99. The van der Waals surface area contributed by atoms with E-state index in [1.807, 2.05) is 24.3 Å². The lowest BCUT2D eigenvalue weighted by Crippen LogP contribution is -1.88. The molecule has 0 radical (unpaired) electrons. The number of fused-ring (bicyclic) bond motifs is 1. The highest BCUT2D eigenvalue weighted by atomic mass is 32.2. The van der Waals surface area contributed by atoms with Crippen molar-refractivity contribution in [1.29, 1.82) is 5.26 Å². The van der Waals surface area contributed by atoms with Gasteiger partial charge in [0.05, 0.1) is 22.0 Å². The van der Waals surface area contributed by atoms with Gasteiger partial charge in [0.25, 0.3) is 0 Å². The number of hydrogen-bond acceptors (Lipinski definition) is 6. The minimum atomic E-state index is 0.522. The molecule has 0 amide bonds. The van der Waals surface area contributed by atoms with E-state index in [4.69, 9.17) is 5.26 Å². The van der Waals surface area contributed by atoms with Gasteiger partial charge in [0.15, 0.2) is 4.34 Å². The van der Waals surface area contributed by atoms with Crippen molar-refractivity contribution in [2.75, 3.05) is 0 Å². The van der Waals surface area contributed by atoms with Crippen LogP contribution < -0.4 is 0 Å². The van der Waals surface area contributed by atoms with Crippen molar-refractivity contribution in [3.63, 3.8) is 0 Å². The number of aromatic nitrogens is 3. The second-order valence-electron chi connectivity index (χ2n) is 3.41. The largest absolute Gasteiger partial charge is 0.229 e. The molecule has 0 aliphatic rings. The first-order chi connectivity index (χ1) is 8.86. The molecule has 0 bridgehead atoms. The van der Waals surface area contributed by atoms with Crippen LogP contribution in [0.15, 0.2) is 45.9 Å². The Morgan fingerprint density at radius 1 is 1.22 bits per heavy atom. The van der Waals surface area contributed by atoms with Crippen molar-refractivity contribution in [3.8, 4) is 6.07 Å². The minimum Gasteiger partial charge on any atom is -0.229 e. The van der Waals surface area contributed by atoms with E-state index < -0.39 is 0 Å². The molecule has 3 rings (SSSR count). The molecule has 0 aliphatic carbocycles. The molecule has 0 saturated heterocycles. The monoisotopic (exact) mass is 270 g/mol. The Bertz CT molecular complexity index is 712. The third-order valence-electron chi connectivity index (χ3n) is 2.27. The first-order valence-corrected chi connectivity index (χ1v) is 6.75. The Labute approximate surface area is 111 Å². The lowest BCUT2D eigenvalue weighted by molar-refractivity contribution is 0.919. The SMILES string of the molecule is N#Cc1ccnnc1Sc1nc2ccccc2s1. The van der Waals surface area contributed by atoms with Gasteiger partial charge >= 0.3 is 0 Å². The fraction of sp³-hybridized carbons (Fsp3) is 0. The molecule has 3 aromatic rings. The van der Waals surface area contributed by atoms with E-state index in [2.05, 4.69) is 21.3 Å². The molecule has 0 fully saturated rings. The van der Waals surface area contributed by atoms with Gasteiger partial charge in [-0.1, -0.05) is 12.1 Å². The predicted octanol–water partition coefficient (Wildman–Crippen LogP) is 3.11. The van der Waals surface area contributed by atoms with Crippen LogP contribution in [0.5, 0.6) is 0 Å². The van der Waals surface area contributed by atoms with Gasteiger partial charge in [0, 0.05) is 0 Å². The molecule has 0 saturated carbocycles. The molecular formula is C12H6N4S2. The van der Waals surface area contributed by atoms with Crippen LogP contribution in [0.4, 0.5) is 0 Å². The summed E-state index contributed by atoms with van der Waals surface area (Å²) in [6.07, 6.45) is 1.51. The number of nitrogens with zero attached hydrogens (tertiary/aromatic N) is 4. The van der Waals surface area contributed by atoms with Gasteiger partial charge in [-0.3, -0.25) is 0 Å². The van der Waals surface area contributed by atoms with Crippen LogP contribution in [0.25, 0.3) is 10.2 Å². The fourth-order valence-corrected chi connectivity index (χ4v) is 3.45. The van der Waals surface area contributed by atoms with Crippen molar-refractivity contribution in [1.82, 2.24) is 15.2 Å². The van der Waals surface area contributed by atoms with Crippen LogP contribution in [-0.4, -0.2) is 15.2 Å². The molecule has 0 N–H and O–H groups in total. The van der Waals surface area contributed by atoms with E-state index in [-0.39, 0.29) is 0 Å².